The first kappa shape index (κ1) is 13.0. The average molecular weight is 258 g/mol. The Labute approximate surface area is 109 Å². The summed E-state index contributed by atoms with van der Waals surface area (Å²) in [5.41, 5.74) is 1.14. The first-order valence-corrected chi connectivity index (χ1v) is 5.99. The fourth-order valence-corrected chi connectivity index (χ4v) is 1.97. The molecule has 0 saturated heterocycles. The molecule has 0 N–H and O–H groups in total. The van der Waals surface area contributed by atoms with Crippen molar-refractivity contribution in [2.75, 3.05) is 0 Å². The number of fused-ring (bicyclic) bond motifs is 1. The summed E-state index contributed by atoms with van der Waals surface area (Å²) in [5.74, 6) is 0. The zero-order valence-corrected chi connectivity index (χ0v) is 10.8. The van der Waals surface area contributed by atoms with Crippen molar-refractivity contribution in [3.05, 3.63) is 56.4 Å². The molecule has 0 saturated carbocycles. The molecule has 0 radical (unpaired) electrons. The lowest BCUT2D eigenvalue weighted by atomic mass is 10.1. The van der Waals surface area contributed by atoms with Crippen molar-refractivity contribution in [3.8, 4) is 0 Å². The smallest absolute Gasteiger partial charge is 0.270 e. The Bertz CT molecular complexity index is 729. The number of nitro benzene ring substituents is 1. The zero-order chi connectivity index (χ0) is 14.0. The number of pyridine rings is 1. The molecule has 0 aliphatic heterocycles. The summed E-state index contributed by atoms with van der Waals surface area (Å²) in [6, 6.07) is 6.18. The van der Waals surface area contributed by atoms with E-state index >= 15 is 0 Å². The molecule has 1 aromatic heterocycles. The number of hydrogen-bond donors (Lipinski definition) is 0. The Balaban J connectivity index is 2.74. The van der Waals surface area contributed by atoms with E-state index < -0.39 is 4.92 Å². The van der Waals surface area contributed by atoms with Crippen LogP contribution >= 0.6 is 0 Å². The van der Waals surface area contributed by atoms with E-state index in [2.05, 4.69) is 0 Å². The number of aromatic nitrogens is 1. The maximum Gasteiger partial charge on any atom is 0.270 e. The minimum Gasteiger partial charge on any atom is -0.311 e. The van der Waals surface area contributed by atoms with Crippen molar-refractivity contribution < 1.29 is 4.92 Å². The second-order valence-corrected chi connectivity index (χ2v) is 4.27. The summed E-state index contributed by atoms with van der Waals surface area (Å²) >= 11 is 0. The Hall–Kier alpha value is -2.43. The first-order valence-electron chi connectivity index (χ1n) is 5.99. The van der Waals surface area contributed by atoms with Crippen LogP contribution in [-0.2, 0) is 7.05 Å². The van der Waals surface area contributed by atoms with Crippen LogP contribution < -0.4 is 5.56 Å². The third kappa shape index (κ3) is 2.40. The van der Waals surface area contributed by atoms with Crippen molar-refractivity contribution in [1.29, 1.82) is 0 Å². The Morgan fingerprint density at radius 2 is 2.11 bits per heavy atom. The van der Waals surface area contributed by atoms with Crippen LogP contribution in [0, 0.1) is 10.1 Å². The SMILES string of the molecule is CC/C=C/c1cc2cc([N+](=O)[O-])ccc2n(C)c1=O. The number of benzene rings is 1. The van der Waals surface area contributed by atoms with Gasteiger partial charge < -0.3 is 4.57 Å². The van der Waals surface area contributed by atoms with Crippen molar-refractivity contribution >= 4 is 22.7 Å². The minimum atomic E-state index is -0.438. The van der Waals surface area contributed by atoms with Crippen molar-refractivity contribution in [2.24, 2.45) is 7.05 Å². The lowest BCUT2D eigenvalue weighted by Gasteiger charge is -2.06. The maximum atomic E-state index is 12.1. The van der Waals surface area contributed by atoms with Gasteiger partial charge in [-0.3, -0.25) is 14.9 Å². The van der Waals surface area contributed by atoms with Gasteiger partial charge in [-0.1, -0.05) is 19.1 Å². The third-order valence-electron chi connectivity index (χ3n) is 2.98. The summed E-state index contributed by atoms with van der Waals surface area (Å²) < 4.78 is 1.51. The summed E-state index contributed by atoms with van der Waals surface area (Å²) in [7, 11) is 1.67. The second kappa shape index (κ2) is 5.06. The Morgan fingerprint density at radius 1 is 1.37 bits per heavy atom. The molecule has 0 spiro atoms. The molecule has 19 heavy (non-hydrogen) atoms. The minimum absolute atomic E-state index is 0.0246. The van der Waals surface area contributed by atoms with Gasteiger partial charge in [-0.15, -0.1) is 0 Å². The van der Waals surface area contributed by atoms with E-state index in [0.29, 0.717) is 16.5 Å². The van der Waals surface area contributed by atoms with Gasteiger partial charge in [0, 0.05) is 30.1 Å². The van der Waals surface area contributed by atoms with Gasteiger partial charge in [0.1, 0.15) is 0 Å². The van der Waals surface area contributed by atoms with Crippen LogP contribution in [0.1, 0.15) is 18.9 Å². The fraction of sp³-hybridized carbons (Fsp3) is 0.214. The van der Waals surface area contributed by atoms with E-state index in [-0.39, 0.29) is 11.2 Å². The molecule has 0 amide bonds. The zero-order valence-electron chi connectivity index (χ0n) is 10.8. The number of aryl methyl sites for hydroxylation is 1. The van der Waals surface area contributed by atoms with Crippen LogP contribution in [-0.4, -0.2) is 9.49 Å². The third-order valence-corrected chi connectivity index (χ3v) is 2.98. The summed E-state index contributed by atoms with van der Waals surface area (Å²) in [5, 5.41) is 11.5. The highest BCUT2D eigenvalue weighted by molar-refractivity contribution is 5.83. The van der Waals surface area contributed by atoms with Gasteiger partial charge in [0.05, 0.1) is 10.4 Å². The molecule has 2 rings (SSSR count). The number of allylic oxidation sites excluding steroid dienone is 1. The van der Waals surface area contributed by atoms with Gasteiger partial charge in [0.25, 0.3) is 11.2 Å². The van der Waals surface area contributed by atoms with Crippen LogP contribution in [0.4, 0.5) is 5.69 Å². The van der Waals surface area contributed by atoms with Gasteiger partial charge in [0.2, 0.25) is 0 Å². The monoisotopic (exact) mass is 258 g/mol. The van der Waals surface area contributed by atoms with E-state index in [9.17, 15) is 14.9 Å². The van der Waals surface area contributed by atoms with Crippen LogP contribution in [0.2, 0.25) is 0 Å². The average Bonchev–Trinajstić information content (AvgIpc) is 2.40. The van der Waals surface area contributed by atoms with Crippen LogP contribution in [0.5, 0.6) is 0 Å². The molecule has 5 heteroatoms. The maximum absolute atomic E-state index is 12.1. The van der Waals surface area contributed by atoms with Crippen molar-refractivity contribution in [1.82, 2.24) is 4.57 Å². The summed E-state index contributed by atoms with van der Waals surface area (Å²) in [6.07, 6.45) is 4.47. The normalized spacial score (nSPS) is 11.3. The molecule has 5 nitrogen and oxygen atoms in total. The van der Waals surface area contributed by atoms with Crippen LogP contribution in [0.15, 0.2) is 35.1 Å². The highest BCUT2D eigenvalue weighted by Crippen LogP contribution is 2.20. The van der Waals surface area contributed by atoms with Crippen molar-refractivity contribution in [2.45, 2.75) is 13.3 Å². The molecule has 0 aliphatic rings. The number of nitrogens with zero attached hydrogens (tertiary/aromatic N) is 2. The molecule has 0 unspecified atom stereocenters. The van der Waals surface area contributed by atoms with Gasteiger partial charge in [-0.2, -0.15) is 0 Å². The standard InChI is InChI=1S/C14H14N2O3/c1-3-4-5-10-8-11-9-12(16(18)19)6-7-13(11)15(2)14(10)17/h4-9H,3H2,1-2H3/b5-4+. The molecular weight excluding hydrogens is 244 g/mol. The Kier molecular flexibility index (Phi) is 3.46. The van der Waals surface area contributed by atoms with Crippen LogP contribution in [0.25, 0.3) is 17.0 Å². The van der Waals surface area contributed by atoms with E-state index in [1.54, 1.807) is 25.3 Å². The summed E-state index contributed by atoms with van der Waals surface area (Å²) in [4.78, 5) is 22.4. The van der Waals surface area contributed by atoms with E-state index in [1.807, 2.05) is 13.0 Å². The van der Waals surface area contributed by atoms with Gasteiger partial charge in [0.15, 0.2) is 0 Å². The lowest BCUT2D eigenvalue weighted by Crippen LogP contribution is -2.19. The first-order chi connectivity index (χ1) is 9.04. The molecule has 2 aromatic rings. The fourth-order valence-electron chi connectivity index (χ4n) is 1.97. The molecule has 1 aromatic carbocycles. The molecular formula is C14H14N2O3. The molecule has 1 heterocycles. The second-order valence-electron chi connectivity index (χ2n) is 4.27. The van der Waals surface area contributed by atoms with E-state index in [1.165, 1.54) is 16.7 Å². The molecule has 0 fully saturated rings. The highest BCUT2D eigenvalue weighted by atomic mass is 16.6. The van der Waals surface area contributed by atoms with Gasteiger partial charge in [-0.05, 0) is 18.6 Å². The number of hydrogen-bond acceptors (Lipinski definition) is 3. The van der Waals surface area contributed by atoms with E-state index in [0.717, 1.165) is 6.42 Å². The predicted octanol–water partition coefficient (Wildman–Crippen LogP) is 2.87. The van der Waals surface area contributed by atoms with Crippen LogP contribution in [0.3, 0.4) is 0 Å². The number of rotatable bonds is 3. The molecule has 0 bridgehead atoms. The lowest BCUT2D eigenvalue weighted by molar-refractivity contribution is -0.384. The summed E-state index contributed by atoms with van der Waals surface area (Å²) in [6.45, 7) is 1.98. The predicted molar refractivity (Wildman–Crippen MR) is 75.2 cm³/mol. The Morgan fingerprint density at radius 3 is 2.74 bits per heavy atom. The molecule has 0 aliphatic carbocycles. The van der Waals surface area contributed by atoms with E-state index in [4.69, 9.17) is 0 Å². The van der Waals surface area contributed by atoms with Crippen molar-refractivity contribution in [3.63, 3.8) is 0 Å². The number of non-ortho nitro benzene ring substituents is 1. The quantitative estimate of drug-likeness (QED) is 0.628. The molecule has 0 atom stereocenters. The molecule has 98 valence electrons. The van der Waals surface area contributed by atoms with Gasteiger partial charge >= 0.3 is 0 Å². The largest absolute Gasteiger partial charge is 0.311 e. The number of nitro groups is 1. The van der Waals surface area contributed by atoms with Gasteiger partial charge in [-0.25, -0.2) is 0 Å². The highest BCUT2D eigenvalue weighted by Gasteiger charge is 2.10. The topological polar surface area (TPSA) is 65.1 Å².